The minimum absolute atomic E-state index is 0.699. The number of aromatic nitrogens is 1. The molecule has 0 aliphatic heterocycles. The van der Waals surface area contributed by atoms with Crippen LogP contribution in [0.3, 0.4) is 0 Å². The molecule has 1 heterocycles. The third kappa shape index (κ3) is 4.59. The summed E-state index contributed by atoms with van der Waals surface area (Å²) in [6.07, 6.45) is 8.97. The van der Waals surface area contributed by atoms with Crippen molar-refractivity contribution in [2.24, 2.45) is 11.8 Å². The van der Waals surface area contributed by atoms with Crippen LogP contribution in [0.2, 0.25) is 0 Å². The summed E-state index contributed by atoms with van der Waals surface area (Å²) in [6, 6.07) is 4.46. The molecule has 0 bridgehead atoms. The largest absolute Gasteiger partial charge is 0.316 e. The normalized spacial score (nSPS) is 23.8. The van der Waals surface area contributed by atoms with Gasteiger partial charge in [-0.25, -0.2) is 0 Å². The molecule has 2 heteroatoms. The van der Waals surface area contributed by atoms with Gasteiger partial charge in [0, 0.05) is 11.9 Å². The maximum atomic E-state index is 4.51. The average molecular weight is 274 g/mol. The summed E-state index contributed by atoms with van der Waals surface area (Å²) in [5.41, 5.74) is 2.57. The second-order valence-corrected chi connectivity index (χ2v) is 6.79. The van der Waals surface area contributed by atoms with Crippen molar-refractivity contribution in [2.45, 2.75) is 58.8 Å². The Morgan fingerprint density at radius 1 is 1.20 bits per heavy atom. The monoisotopic (exact) mass is 274 g/mol. The molecule has 1 fully saturated rings. The first kappa shape index (κ1) is 15.5. The van der Waals surface area contributed by atoms with Crippen molar-refractivity contribution >= 4 is 0 Å². The molecule has 2 unspecified atom stereocenters. The van der Waals surface area contributed by atoms with E-state index in [1.54, 1.807) is 0 Å². The van der Waals surface area contributed by atoms with Crippen molar-refractivity contribution in [2.75, 3.05) is 13.1 Å². The standard InChI is InChI=1S/C18H30N2/c1-14(2)11-19-12-16-7-5-4-6-8-18(16)17-10-9-15(3)20-13-17/h9-10,13-14,16,18-19H,4-8,11-12H2,1-3H3. The molecule has 1 N–H and O–H groups in total. The van der Waals surface area contributed by atoms with Crippen LogP contribution in [0.25, 0.3) is 0 Å². The van der Waals surface area contributed by atoms with Gasteiger partial charge in [0.05, 0.1) is 0 Å². The number of aryl methyl sites for hydroxylation is 1. The SMILES string of the molecule is Cc1ccc(C2CCCCCC2CNCC(C)C)cn1. The van der Waals surface area contributed by atoms with Crippen LogP contribution in [0.15, 0.2) is 18.3 Å². The van der Waals surface area contributed by atoms with E-state index in [1.165, 1.54) is 37.7 Å². The summed E-state index contributed by atoms with van der Waals surface area (Å²) in [4.78, 5) is 4.51. The number of rotatable bonds is 5. The van der Waals surface area contributed by atoms with E-state index in [-0.39, 0.29) is 0 Å². The van der Waals surface area contributed by atoms with Crippen molar-refractivity contribution in [1.82, 2.24) is 10.3 Å². The molecule has 1 aliphatic carbocycles. The molecule has 0 radical (unpaired) electrons. The molecule has 1 aromatic rings. The highest BCUT2D eigenvalue weighted by molar-refractivity contribution is 5.19. The van der Waals surface area contributed by atoms with Gasteiger partial charge in [0.15, 0.2) is 0 Å². The van der Waals surface area contributed by atoms with Gasteiger partial charge in [0.2, 0.25) is 0 Å². The molecule has 20 heavy (non-hydrogen) atoms. The lowest BCUT2D eigenvalue weighted by Gasteiger charge is -2.26. The second-order valence-electron chi connectivity index (χ2n) is 6.79. The summed E-state index contributed by atoms with van der Waals surface area (Å²) in [6.45, 7) is 8.92. The lowest BCUT2D eigenvalue weighted by molar-refractivity contribution is 0.366. The summed E-state index contributed by atoms with van der Waals surface area (Å²) in [5, 5.41) is 3.67. The van der Waals surface area contributed by atoms with Gasteiger partial charge < -0.3 is 5.32 Å². The van der Waals surface area contributed by atoms with E-state index in [0.29, 0.717) is 5.92 Å². The average Bonchev–Trinajstić information content (AvgIpc) is 2.65. The summed E-state index contributed by atoms with van der Waals surface area (Å²) in [7, 11) is 0. The Morgan fingerprint density at radius 3 is 2.70 bits per heavy atom. The summed E-state index contributed by atoms with van der Waals surface area (Å²) >= 11 is 0. The fraction of sp³-hybridized carbons (Fsp3) is 0.722. The number of nitrogens with zero attached hydrogens (tertiary/aromatic N) is 1. The zero-order chi connectivity index (χ0) is 14.4. The lowest BCUT2D eigenvalue weighted by Crippen LogP contribution is -2.29. The van der Waals surface area contributed by atoms with Crippen LogP contribution in [0.5, 0.6) is 0 Å². The van der Waals surface area contributed by atoms with Crippen LogP contribution in [-0.2, 0) is 0 Å². The first-order valence-electron chi connectivity index (χ1n) is 8.30. The van der Waals surface area contributed by atoms with E-state index in [4.69, 9.17) is 0 Å². The van der Waals surface area contributed by atoms with Gasteiger partial charge in [0.1, 0.15) is 0 Å². The molecular weight excluding hydrogens is 244 g/mol. The maximum Gasteiger partial charge on any atom is 0.0372 e. The first-order chi connectivity index (χ1) is 9.66. The molecule has 2 atom stereocenters. The van der Waals surface area contributed by atoms with Gasteiger partial charge in [-0.2, -0.15) is 0 Å². The van der Waals surface area contributed by atoms with Gasteiger partial charge in [-0.1, -0.05) is 39.2 Å². The highest BCUT2D eigenvalue weighted by Crippen LogP contribution is 2.36. The van der Waals surface area contributed by atoms with Gasteiger partial charge >= 0.3 is 0 Å². The Labute approximate surface area is 124 Å². The predicted octanol–water partition coefficient (Wildman–Crippen LogP) is 4.30. The van der Waals surface area contributed by atoms with Crippen LogP contribution in [0, 0.1) is 18.8 Å². The van der Waals surface area contributed by atoms with Gasteiger partial charge in [-0.05, 0) is 62.2 Å². The summed E-state index contributed by atoms with van der Waals surface area (Å²) < 4.78 is 0. The molecule has 0 amide bonds. The minimum atomic E-state index is 0.699. The molecule has 2 nitrogen and oxygen atoms in total. The lowest BCUT2D eigenvalue weighted by atomic mass is 9.83. The van der Waals surface area contributed by atoms with E-state index in [9.17, 15) is 0 Å². The Balaban J connectivity index is 2.02. The topological polar surface area (TPSA) is 24.9 Å². The second kappa shape index (κ2) is 7.78. The molecule has 0 aromatic carbocycles. The van der Waals surface area contributed by atoms with Crippen molar-refractivity contribution in [1.29, 1.82) is 0 Å². The number of hydrogen-bond acceptors (Lipinski definition) is 2. The fourth-order valence-corrected chi connectivity index (χ4v) is 3.32. The number of nitrogens with one attached hydrogen (secondary N) is 1. The first-order valence-corrected chi connectivity index (χ1v) is 8.30. The van der Waals surface area contributed by atoms with E-state index >= 15 is 0 Å². The molecule has 112 valence electrons. The zero-order valence-electron chi connectivity index (χ0n) is 13.4. The Hall–Kier alpha value is -0.890. The van der Waals surface area contributed by atoms with Crippen molar-refractivity contribution in [3.05, 3.63) is 29.6 Å². The fourth-order valence-electron chi connectivity index (χ4n) is 3.32. The van der Waals surface area contributed by atoms with Crippen LogP contribution in [0.1, 0.15) is 63.1 Å². The zero-order valence-corrected chi connectivity index (χ0v) is 13.4. The Kier molecular flexibility index (Phi) is 6.03. The van der Waals surface area contributed by atoms with Crippen LogP contribution in [-0.4, -0.2) is 18.1 Å². The highest BCUT2D eigenvalue weighted by atomic mass is 14.9. The van der Waals surface area contributed by atoms with Crippen molar-refractivity contribution in [3.8, 4) is 0 Å². The maximum absolute atomic E-state index is 4.51. The molecule has 1 aliphatic rings. The predicted molar refractivity (Wildman–Crippen MR) is 86.0 cm³/mol. The minimum Gasteiger partial charge on any atom is -0.316 e. The van der Waals surface area contributed by atoms with Crippen LogP contribution < -0.4 is 5.32 Å². The van der Waals surface area contributed by atoms with E-state index in [0.717, 1.165) is 30.6 Å². The number of hydrogen-bond donors (Lipinski definition) is 1. The third-order valence-electron chi connectivity index (χ3n) is 4.48. The Bertz CT molecular complexity index is 383. The quantitative estimate of drug-likeness (QED) is 0.810. The summed E-state index contributed by atoms with van der Waals surface area (Å²) in [5.74, 6) is 2.21. The van der Waals surface area contributed by atoms with Crippen LogP contribution in [0.4, 0.5) is 0 Å². The van der Waals surface area contributed by atoms with Gasteiger partial charge in [0.25, 0.3) is 0 Å². The molecule has 1 aromatic heterocycles. The van der Waals surface area contributed by atoms with Gasteiger partial charge in [-0.3, -0.25) is 4.98 Å². The van der Waals surface area contributed by atoms with E-state index < -0.39 is 0 Å². The Morgan fingerprint density at radius 2 is 2.00 bits per heavy atom. The highest BCUT2D eigenvalue weighted by Gasteiger charge is 2.25. The van der Waals surface area contributed by atoms with E-state index in [1.807, 2.05) is 0 Å². The van der Waals surface area contributed by atoms with Crippen molar-refractivity contribution in [3.63, 3.8) is 0 Å². The van der Waals surface area contributed by atoms with Gasteiger partial charge in [-0.15, -0.1) is 0 Å². The molecule has 0 saturated heterocycles. The smallest absolute Gasteiger partial charge is 0.0372 e. The molecule has 0 spiro atoms. The molecular formula is C18H30N2. The van der Waals surface area contributed by atoms with Crippen LogP contribution >= 0.6 is 0 Å². The van der Waals surface area contributed by atoms with E-state index in [2.05, 4.69) is 49.4 Å². The third-order valence-corrected chi connectivity index (χ3v) is 4.48. The molecule has 1 saturated carbocycles. The van der Waals surface area contributed by atoms with Crippen molar-refractivity contribution < 1.29 is 0 Å². The molecule has 2 rings (SSSR count). The number of pyridine rings is 1.